The number of rotatable bonds is 6. The number of unbranched alkanes of at least 4 members (excludes halogenated alkanes) is 2. The molecule has 94 valence electrons. The van der Waals surface area contributed by atoms with Crippen molar-refractivity contribution >= 4 is 17.6 Å². The number of aryl methyl sites for hydroxylation is 1. The van der Waals surface area contributed by atoms with Crippen LogP contribution >= 0.6 is 11.3 Å². The molecule has 0 fully saturated rings. The lowest BCUT2D eigenvalue weighted by atomic mass is 10.0. The summed E-state index contributed by atoms with van der Waals surface area (Å²) in [6.07, 6.45) is 7.03. The molecule has 1 nitrogen and oxygen atoms in total. The van der Waals surface area contributed by atoms with E-state index in [1.165, 1.54) is 46.6 Å². The van der Waals surface area contributed by atoms with E-state index >= 15 is 0 Å². The van der Waals surface area contributed by atoms with E-state index in [1.807, 2.05) is 24.5 Å². The lowest BCUT2D eigenvalue weighted by Gasteiger charge is -2.02. The molecule has 0 aromatic carbocycles. The quantitative estimate of drug-likeness (QED) is 0.494. The normalized spacial score (nSPS) is 11.3. The second-order valence-electron chi connectivity index (χ2n) is 4.58. The van der Waals surface area contributed by atoms with Crippen LogP contribution in [-0.2, 0) is 6.42 Å². The zero-order chi connectivity index (χ0) is 12.8. The van der Waals surface area contributed by atoms with Gasteiger partial charge in [-0.15, -0.1) is 11.3 Å². The van der Waals surface area contributed by atoms with Crippen LogP contribution in [0.2, 0.25) is 0 Å². The summed E-state index contributed by atoms with van der Waals surface area (Å²) in [5.41, 5.74) is 3.81. The van der Waals surface area contributed by atoms with Crippen LogP contribution in [0.4, 0.5) is 0 Å². The Kier molecular flexibility index (Phi) is 5.63. The van der Waals surface area contributed by atoms with Crippen molar-refractivity contribution < 1.29 is 0 Å². The van der Waals surface area contributed by atoms with Crippen LogP contribution in [0.15, 0.2) is 17.3 Å². The van der Waals surface area contributed by atoms with Gasteiger partial charge < -0.3 is 0 Å². The van der Waals surface area contributed by atoms with E-state index in [0.29, 0.717) is 0 Å². The third kappa shape index (κ3) is 4.12. The van der Waals surface area contributed by atoms with E-state index in [0.717, 1.165) is 5.70 Å². The molecule has 0 saturated carbocycles. The number of nitrogens with zero attached hydrogens (tertiary/aromatic N) is 1. The third-order valence-corrected chi connectivity index (χ3v) is 4.16. The lowest BCUT2D eigenvalue weighted by molar-refractivity contribution is 0.716. The maximum atomic E-state index is 4.33. The van der Waals surface area contributed by atoms with Gasteiger partial charge in [0.05, 0.1) is 0 Å². The second-order valence-corrected chi connectivity index (χ2v) is 5.83. The SMILES string of the molecule is C=C(C)/N=C\c1sc(C)c(C)c1CCCCC. The Morgan fingerprint density at radius 3 is 2.65 bits per heavy atom. The molecule has 0 radical (unpaired) electrons. The number of allylic oxidation sites excluding steroid dienone is 1. The highest BCUT2D eigenvalue weighted by Gasteiger charge is 2.10. The molecule has 0 N–H and O–H groups in total. The third-order valence-electron chi connectivity index (χ3n) is 2.97. The Morgan fingerprint density at radius 1 is 1.35 bits per heavy atom. The largest absolute Gasteiger partial charge is 0.261 e. The molecule has 0 saturated heterocycles. The monoisotopic (exact) mass is 249 g/mol. The van der Waals surface area contributed by atoms with Gasteiger partial charge in [0.25, 0.3) is 0 Å². The van der Waals surface area contributed by atoms with Crippen LogP contribution in [-0.4, -0.2) is 6.21 Å². The lowest BCUT2D eigenvalue weighted by Crippen LogP contribution is -1.91. The highest BCUT2D eigenvalue weighted by atomic mass is 32.1. The molecule has 0 aliphatic carbocycles. The summed E-state index contributed by atoms with van der Waals surface area (Å²) < 4.78 is 0. The molecule has 0 bridgehead atoms. The average molecular weight is 249 g/mol. The highest BCUT2D eigenvalue weighted by molar-refractivity contribution is 7.14. The molecule has 1 aromatic heterocycles. The van der Waals surface area contributed by atoms with Crippen LogP contribution in [0.3, 0.4) is 0 Å². The smallest absolute Gasteiger partial charge is 0.0490 e. The number of hydrogen-bond acceptors (Lipinski definition) is 2. The maximum absolute atomic E-state index is 4.33. The first-order chi connectivity index (χ1) is 8.06. The van der Waals surface area contributed by atoms with Gasteiger partial charge in [0.15, 0.2) is 0 Å². The predicted octanol–water partition coefficient (Wildman–Crippen LogP) is 5.05. The second kappa shape index (κ2) is 6.75. The van der Waals surface area contributed by atoms with Crippen molar-refractivity contribution in [2.75, 3.05) is 0 Å². The van der Waals surface area contributed by atoms with Gasteiger partial charge in [0.2, 0.25) is 0 Å². The molecule has 1 rings (SSSR count). The van der Waals surface area contributed by atoms with Crippen molar-refractivity contribution in [2.24, 2.45) is 4.99 Å². The minimum atomic E-state index is 0.869. The van der Waals surface area contributed by atoms with E-state index < -0.39 is 0 Å². The van der Waals surface area contributed by atoms with Gasteiger partial charge in [-0.05, 0) is 44.7 Å². The zero-order valence-corrected chi connectivity index (χ0v) is 12.3. The van der Waals surface area contributed by atoms with Crippen molar-refractivity contribution in [3.8, 4) is 0 Å². The molecule has 0 aliphatic rings. The Bertz CT molecular complexity index is 413. The fourth-order valence-corrected chi connectivity index (χ4v) is 2.93. The first kappa shape index (κ1) is 14.2. The number of hydrogen-bond donors (Lipinski definition) is 0. The number of aliphatic imine (C=N–C) groups is 1. The van der Waals surface area contributed by atoms with Gasteiger partial charge in [-0.2, -0.15) is 0 Å². The van der Waals surface area contributed by atoms with E-state index in [2.05, 4.69) is 32.3 Å². The van der Waals surface area contributed by atoms with Gasteiger partial charge in [0, 0.05) is 21.7 Å². The van der Waals surface area contributed by atoms with Gasteiger partial charge in [-0.1, -0.05) is 26.3 Å². The summed E-state index contributed by atoms with van der Waals surface area (Å²) in [5.74, 6) is 0. The van der Waals surface area contributed by atoms with Crippen molar-refractivity contribution in [3.05, 3.63) is 33.2 Å². The Balaban J connectivity index is 2.88. The topological polar surface area (TPSA) is 12.4 Å². The summed E-state index contributed by atoms with van der Waals surface area (Å²) in [5, 5.41) is 0. The molecule has 1 heterocycles. The fraction of sp³-hybridized carbons (Fsp3) is 0.533. The first-order valence-corrected chi connectivity index (χ1v) is 7.16. The molecule has 0 spiro atoms. The maximum Gasteiger partial charge on any atom is 0.0490 e. The molecular weight excluding hydrogens is 226 g/mol. The van der Waals surface area contributed by atoms with Crippen LogP contribution in [0.5, 0.6) is 0 Å². The van der Waals surface area contributed by atoms with Crippen molar-refractivity contribution in [2.45, 2.75) is 53.4 Å². The van der Waals surface area contributed by atoms with Crippen LogP contribution in [0, 0.1) is 13.8 Å². The Labute approximate surface area is 109 Å². The van der Waals surface area contributed by atoms with Gasteiger partial charge in [-0.25, -0.2) is 0 Å². The van der Waals surface area contributed by atoms with Crippen molar-refractivity contribution in [1.29, 1.82) is 0 Å². The number of thiophene rings is 1. The summed E-state index contributed by atoms with van der Waals surface area (Å²) in [6, 6.07) is 0. The highest BCUT2D eigenvalue weighted by Crippen LogP contribution is 2.27. The average Bonchev–Trinajstić information content (AvgIpc) is 2.54. The van der Waals surface area contributed by atoms with Gasteiger partial charge in [0.1, 0.15) is 0 Å². The minimum absolute atomic E-state index is 0.869. The van der Waals surface area contributed by atoms with Gasteiger partial charge >= 0.3 is 0 Å². The summed E-state index contributed by atoms with van der Waals surface area (Å²) in [7, 11) is 0. The molecule has 2 heteroatoms. The summed E-state index contributed by atoms with van der Waals surface area (Å²) in [6.45, 7) is 12.4. The predicted molar refractivity (Wildman–Crippen MR) is 79.4 cm³/mol. The molecule has 0 amide bonds. The van der Waals surface area contributed by atoms with Crippen LogP contribution < -0.4 is 0 Å². The summed E-state index contributed by atoms with van der Waals surface area (Å²) in [4.78, 5) is 7.06. The molecular formula is C15H23NS. The molecule has 0 aliphatic heterocycles. The van der Waals surface area contributed by atoms with Crippen molar-refractivity contribution in [3.63, 3.8) is 0 Å². The standard InChI is InChI=1S/C15H23NS/c1-6-7-8-9-14-12(4)13(5)17-15(14)10-16-11(2)3/h10H,2,6-9H2,1,3-5H3/b16-10-. The zero-order valence-electron chi connectivity index (χ0n) is 11.5. The molecule has 1 aromatic rings. The van der Waals surface area contributed by atoms with Crippen molar-refractivity contribution in [1.82, 2.24) is 0 Å². The minimum Gasteiger partial charge on any atom is -0.261 e. The van der Waals surface area contributed by atoms with E-state index in [-0.39, 0.29) is 0 Å². The van der Waals surface area contributed by atoms with E-state index in [9.17, 15) is 0 Å². The van der Waals surface area contributed by atoms with E-state index in [4.69, 9.17) is 0 Å². The summed E-state index contributed by atoms with van der Waals surface area (Å²) >= 11 is 1.85. The van der Waals surface area contributed by atoms with Crippen LogP contribution in [0.1, 0.15) is 54.0 Å². The molecule has 0 atom stereocenters. The van der Waals surface area contributed by atoms with E-state index in [1.54, 1.807) is 0 Å². The van der Waals surface area contributed by atoms with Gasteiger partial charge in [-0.3, -0.25) is 4.99 Å². The van der Waals surface area contributed by atoms with Crippen LogP contribution in [0.25, 0.3) is 0 Å². The fourth-order valence-electron chi connectivity index (χ4n) is 1.84. The Morgan fingerprint density at radius 2 is 2.06 bits per heavy atom. The molecule has 17 heavy (non-hydrogen) atoms. The Hall–Kier alpha value is -0.890. The first-order valence-electron chi connectivity index (χ1n) is 6.34. The molecule has 0 unspecified atom stereocenters.